The van der Waals surface area contributed by atoms with Crippen molar-refractivity contribution in [2.24, 2.45) is 0 Å². The topological polar surface area (TPSA) is 16.4 Å². The summed E-state index contributed by atoms with van der Waals surface area (Å²) in [5.74, 6) is 0. The lowest BCUT2D eigenvalue weighted by Gasteiger charge is -2.26. The van der Waals surface area contributed by atoms with Gasteiger partial charge in [0.2, 0.25) is 0 Å². The van der Waals surface area contributed by atoms with E-state index in [1.807, 2.05) is 12.1 Å². The molecule has 0 radical (unpaired) electrons. The number of hydrogen-bond acceptors (Lipinski definition) is 2. The Morgan fingerprint density at radius 2 is 0.870 bits per heavy atom. The zero-order valence-corrected chi connectivity index (χ0v) is 25.1. The van der Waals surface area contributed by atoms with E-state index in [4.69, 9.17) is 4.42 Å². The zero-order valence-electron chi connectivity index (χ0n) is 25.1. The Morgan fingerprint density at radius 1 is 0.326 bits per heavy atom. The molecule has 216 valence electrons. The fourth-order valence-electron chi connectivity index (χ4n) is 6.82. The minimum absolute atomic E-state index is 0.892. The highest BCUT2D eigenvalue weighted by Crippen LogP contribution is 2.41. The van der Waals surface area contributed by atoms with Crippen LogP contribution in [-0.4, -0.2) is 0 Å². The van der Waals surface area contributed by atoms with E-state index in [2.05, 4.69) is 169 Å². The molecule has 0 N–H and O–H groups in total. The van der Waals surface area contributed by atoms with Crippen LogP contribution in [-0.2, 0) is 0 Å². The van der Waals surface area contributed by atoms with E-state index in [0.29, 0.717) is 0 Å². The molecule has 0 amide bonds. The summed E-state index contributed by atoms with van der Waals surface area (Å²) in [5.41, 5.74) is 9.90. The molecule has 0 atom stereocenters. The average molecular weight is 588 g/mol. The molecule has 0 saturated carbocycles. The number of para-hydroxylation sites is 1. The van der Waals surface area contributed by atoms with Gasteiger partial charge in [-0.1, -0.05) is 121 Å². The third kappa shape index (κ3) is 4.43. The predicted molar refractivity (Wildman–Crippen MR) is 194 cm³/mol. The summed E-state index contributed by atoms with van der Waals surface area (Å²) in [4.78, 5) is 2.33. The summed E-state index contributed by atoms with van der Waals surface area (Å²) < 4.78 is 6.18. The van der Waals surface area contributed by atoms with Crippen LogP contribution in [0.15, 0.2) is 180 Å². The van der Waals surface area contributed by atoms with E-state index < -0.39 is 0 Å². The van der Waals surface area contributed by atoms with Gasteiger partial charge in [0.25, 0.3) is 0 Å². The smallest absolute Gasteiger partial charge is 0.135 e. The second kappa shape index (κ2) is 10.8. The van der Waals surface area contributed by atoms with Gasteiger partial charge in [-0.15, -0.1) is 0 Å². The highest BCUT2D eigenvalue weighted by atomic mass is 16.3. The molecule has 9 aromatic rings. The van der Waals surface area contributed by atoms with Crippen molar-refractivity contribution in [2.75, 3.05) is 4.90 Å². The van der Waals surface area contributed by atoms with E-state index in [1.54, 1.807) is 0 Å². The minimum atomic E-state index is 0.892. The van der Waals surface area contributed by atoms with Gasteiger partial charge in [0.1, 0.15) is 11.2 Å². The SMILES string of the molecule is c1ccc(-c2ccc(N(c3ccc(-c4cc5ccccc5c5ccccc45)cc3)c3ccc4oc5ccccc5c4c3)cc2)cc1. The summed E-state index contributed by atoms with van der Waals surface area (Å²) in [6, 6.07) is 62.8. The van der Waals surface area contributed by atoms with Crippen LogP contribution in [0.3, 0.4) is 0 Å². The van der Waals surface area contributed by atoms with Crippen LogP contribution >= 0.6 is 0 Å². The molecule has 1 aromatic heterocycles. The molecule has 8 aromatic carbocycles. The Balaban J connectivity index is 1.18. The minimum Gasteiger partial charge on any atom is -0.456 e. The van der Waals surface area contributed by atoms with Crippen molar-refractivity contribution in [1.29, 1.82) is 0 Å². The molecule has 46 heavy (non-hydrogen) atoms. The molecule has 0 aliphatic rings. The molecule has 0 spiro atoms. The van der Waals surface area contributed by atoms with E-state index in [-0.39, 0.29) is 0 Å². The van der Waals surface area contributed by atoms with E-state index in [1.165, 1.54) is 43.8 Å². The maximum atomic E-state index is 6.18. The van der Waals surface area contributed by atoms with Crippen LogP contribution in [0, 0.1) is 0 Å². The molecule has 0 aliphatic heterocycles. The van der Waals surface area contributed by atoms with Crippen molar-refractivity contribution < 1.29 is 4.42 Å². The molecule has 9 rings (SSSR count). The first kappa shape index (κ1) is 26.3. The van der Waals surface area contributed by atoms with Gasteiger partial charge in [-0.3, -0.25) is 0 Å². The van der Waals surface area contributed by atoms with Gasteiger partial charge in [0.05, 0.1) is 0 Å². The lowest BCUT2D eigenvalue weighted by molar-refractivity contribution is 0.669. The summed E-state index contributed by atoms with van der Waals surface area (Å²) in [5, 5.41) is 7.31. The Hall–Kier alpha value is -6.12. The van der Waals surface area contributed by atoms with Gasteiger partial charge >= 0.3 is 0 Å². The molecule has 0 saturated heterocycles. The van der Waals surface area contributed by atoms with Gasteiger partial charge in [-0.2, -0.15) is 0 Å². The summed E-state index contributed by atoms with van der Waals surface area (Å²) in [6.45, 7) is 0. The quantitative estimate of drug-likeness (QED) is 0.186. The first-order valence-corrected chi connectivity index (χ1v) is 15.7. The highest BCUT2D eigenvalue weighted by Gasteiger charge is 2.17. The van der Waals surface area contributed by atoms with Gasteiger partial charge in [-0.05, 0) is 98.4 Å². The van der Waals surface area contributed by atoms with Crippen molar-refractivity contribution in [3.8, 4) is 22.3 Å². The van der Waals surface area contributed by atoms with Crippen molar-refractivity contribution in [2.45, 2.75) is 0 Å². The zero-order chi connectivity index (χ0) is 30.5. The molecule has 2 nitrogen and oxygen atoms in total. The Morgan fingerprint density at radius 3 is 1.63 bits per heavy atom. The van der Waals surface area contributed by atoms with Crippen LogP contribution in [0.2, 0.25) is 0 Å². The van der Waals surface area contributed by atoms with Gasteiger partial charge in [0, 0.05) is 27.8 Å². The van der Waals surface area contributed by atoms with Crippen LogP contribution < -0.4 is 4.90 Å². The van der Waals surface area contributed by atoms with Gasteiger partial charge in [-0.25, -0.2) is 0 Å². The average Bonchev–Trinajstić information content (AvgIpc) is 3.51. The monoisotopic (exact) mass is 587 g/mol. The second-order valence-electron chi connectivity index (χ2n) is 11.8. The Kier molecular flexibility index (Phi) is 6.17. The molecule has 0 aliphatic carbocycles. The fraction of sp³-hybridized carbons (Fsp3) is 0. The second-order valence-corrected chi connectivity index (χ2v) is 11.8. The van der Waals surface area contributed by atoms with E-state index >= 15 is 0 Å². The fourth-order valence-corrected chi connectivity index (χ4v) is 6.82. The standard InChI is InChI=1S/C44H29NO/c1-2-10-30(11-3-1)31-18-22-34(23-19-31)45(36-26-27-44-42(29-36)40-16-8-9-17-43(40)46-44)35-24-20-32(21-25-35)41-28-33-12-4-5-13-37(33)38-14-6-7-15-39(38)41/h1-29H. The lowest BCUT2D eigenvalue weighted by atomic mass is 9.93. The Labute approximate surface area is 267 Å². The summed E-state index contributed by atoms with van der Waals surface area (Å²) in [7, 11) is 0. The number of benzene rings is 8. The van der Waals surface area contributed by atoms with Crippen molar-refractivity contribution in [3.05, 3.63) is 176 Å². The first-order valence-electron chi connectivity index (χ1n) is 15.7. The molecule has 0 unspecified atom stereocenters. The van der Waals surface area contributed by atoms with Crippen LogP contribution in [0.25, 0.3) is 65.7 Å². The van der Waals surface area contributed by atoms with Crippen molar-refractivity contribution in [3.63, 3.8) is 0 Å². The lowest BCUT2D eigenvalue weighted by Crippen LogP contribution is -2.09. The number of nitrogens with zero attached hydrogens (tertiary/aromatic N) is 1. The molecular formula is C44H29NO. The summed E-state index contributed by atoms with van der Waals surface area (Å²) in [6.07, 6.45) is 0. The van der Waals surface area contributed by atoms with Crippen LogP contribution in [0.1, 0.15) is 0 Å². The molecule has 2 heteroatoms. The van der Waals surface area contributed by atoms with E-state index in [0.717, 1.165) is 39.0 Å². The largest absolute Gasteiger partial charge is 0.456 e. The number of rotatable bonds is 5. The number of furan rings is 1. The third-order valence-electron chi connectivity index (χ3n) is 9.06. The van der Waals surface area contributed by atoms with Crippen molar-refractivity contribution in [1.82, 2.24) is 0 Å². The number of fused-ring (bicyclic) bond motifs is 6. The number of hydrogen-bond donors (Lipinski definition) is 0. The predicted octanol–water partition coefficient (Wildman–Crippen LogP) is 12.7. The summed E-state index contributed by atoms with van der Waals surface area (Å²) >= 11 is 0. The molecule has 1 heterocycles. The maximum absolute atomic E-state index is 6.18. The number of anilines is 3. The maximum Gasteiger partial charge on any atom is 0.135 e. The van der Waals surface area contributed by atoms with Crippen LogP contribution in [0.5, 0.6) is 0 Å². The normalized spacial score (nSPS) is 11.5. The van der Waals surface area contributed by atoms with Crippen LogP contribution in [0.4, 0.5) is 17.1 Å². The highest BCUT2D eigenvalue weighted by molar-refractivity contribution is 6.14. The van der Waals surface area contributed by atoms with Gasteiger partial charge < -0.3 is 9.32 Å². The van der Waals surface area contributed by atoms with E-state index in [9.17, 15) is 0 Å². The first-order chi connectivity index (χ1) is 22.8. The molecular weight excluding hydrogens is 558 g/mol. The third-order valence-corrected chi connectivity index (χ3v) is 9.06. The molecule has 0 bridgehead atoms. The Bertz CT molecular complexity index is 2510. The molecule has 0 fully saturated rings. The van der Waals surface area contributed by atoms with Gasteiger partial charge in [0.15, 0.2) is 0 Å². The van der Waals surface area contributed by atoms with Crippen molar-refractivity contribution >= 4 is 60.5 Å².